The van der Waals surface area contributed by atoms with Crippen molar-refractivity contribution in [2.75, 3.05) is 16.8 Å². The van der Waals surface area contributed by atoms with Crippen molar-refractivity contribution in [1.29, 1.82) is 0 Å². The maximum absolute atomic E-state index is 10.4. The van der Waals surface area contributed by atoms with Crippen LogP contribution >= 0.6 is 23.5 Å². The molecule has 0 atom stereocenters. The average Bonchev–Trinajstić information content (AvgIpc) is 2.68. The molecule has 5 nitrogen and oxygen atoms in total. The standard InChI is InChI=1S/C21H24N4OS2/c1-5-9-15-13-17(14-16(10-6-2)18(15)26)22-19-23-20(27-11-7-3)25-21(24-19)28-12-8-4/h5-8,13-14,26H,1-4,9-12H2,(H,22,23,24,25). The Hall–Kier alpha value is -2.51. The van der Waals surface area contributed by atoms with Crippen LogP contribution in [0.2, 0.25) is 0 Å². The summed E-state index contributed by atoms with van der Waals surface area (Å²) in [4.78, 5) is 13.4. The second-order valence-electron chi connectivity index (χ2n) is 5.68. The molecule has 146 valence electrons. The molecule has 0 aliphatic heterocycles. The number of thioether (sulfide) groups is 2. The Morgan fingerprint density at radius 3 is 1.75 bits per heavy atom. The van der Waals surface area contributed by atoms with E-state index < -0.39 is 0 Å². The maximum Gasteiger partial charge on any atom is 0.232 e. The van der Waals surface area contributed by atoms with E-state index in [1.807, 2.05) is 12.1 Å². The summed E-state index contributed by atoms with van der Waals surface area (Å²) < 4.78 is 0. The van der Waals surface area contributed by atoms with Gasteiger partial charge in [-0.2, -0.15) is 15.0 Å². The predicted molar refractivity (Wildman–Crippen MR) is 121 cm³/mol. The average molecular weight is 413 g/mol. The minimum Gasteiger partial charge on any atom is -0.507 e. The van der Waals surface area contributed by atoms with Gasteiger partial charge in [0, 0.05) is 17.2 Å². The number of aromatic nitrogens is 3. The maximum atomic E-state index is 10.4. The van der Waals surface area contributed by atoms with Crippen molar-refractivity contribution in [2.24, 2.45) is 0 Å². The monoisotopic (exact) mass is 412 g/mol. The van der Waals surface area contributed by atoms with Crippen molar-refractivity contribution in [1.82, 2.24) is 15.0 Å². The van der Waals surface area contributed by atoms with Crippen LogP contribution in [0.15, 0.2) is 73.1 Å². The minimum atomic E-state index is 0.269. The molecule has 0 bridgehead atoms. The number of hydrogen-bond donors (Lipinski definition) is 2. The van der Waals surface area contributed by atoms with Crippen LogP contribution in [-0.2, 0) is 12.8 Å². The molecule has 0 aliphatic rings. The highest BCUT2D eigenvalue weighted by Crippen LogP contribution is 2.30. The molecule has 2 aromatic rings. The fourth-order valence-electron chi connectivity index (χ4n) is 2.37. The van der Waals surface area contributed by atoms with Crippen LogP contribution in [0, 0.1) is 0 Å². The van der Waals surface area contributed by atoms with E-state index in [-0.39, 0.29) is 5.75 Å². The number of benzene rings is 1. The molecular formula is C21H24N4OS2. The van der Waals surface area contributed by atoms with Crippen molar-refractivity contribution in [3.05, 3.63) is 73.9 Å². The van der Waals surface area contributed by atoms with Gasteiger partial charge >= 0.3 is 0 Å². The molecule has 1 heterocycles. The summed E-state index contributed by atoms with van der Waals surface area (Å²) in [6.45, 7) is 15.0. The molecule has 0 radical (unpaired) electrons. The first-order chi connectivity index (χ1) is 13.6. The number of hydrogen-bond acceptors (Lipinski definition) is 7. The van der Waals surface area contributed by atoms with Crippen molar-refractivity contribution in [3.63, 3.8) is 0 Å². The first kappa shape index (κ1) is 21.8. The predicted octanol–water partition coefficient (Wildman–Crippen LogP) is 5.33. The smallest absolute Gasteiger partial charge is 0.232 e. The molecule has 0 unspecified atom stereocenters. The van der Waals surface area contributed by atoms with Gasteiger partial charge in [-0.15, -0.1) is 26.3 Å². The van der Waals surface area contributed by atoms with Gasteiger partial charge < -0.3 is 10.4 Å². The van der Waals surface area contributed by atoms with Crippen LogP contribution in [0.1, 0.15) is 11.1 Å². The van der Waals surface area contributed by atoms with Gasteiger partial charge in [0.05, 0.1) is 0 Å². The second kappa shape index (κ2) is 11.4. The Labute approximate surface area is 174 Å². The van der Waals surface area contributed by atoms with Gasteiger partial charge in [0.25, 0.3) is 0 Å². The number of rotatable bonds is 12. The highest BCUT2D eigenvalue weighted by molar-refractivity contribution is 7.99. The molecule has 1 aromatic carbocycles. The molecule has 2 N–H and O–H groups in total. The normalized spacial score (nSPS) is 10.3. The molecule has 0 amide bonds. The van der Waals surface area contributed by atoms with Crippen LogP contribution in [0.3, 0.4) is 0 Å². The number of anilines is 2. The Morgan fingerprint density at radius 1 is 0.821 bits per heavy atom. The molecule has 0 spiro atoms. The van der Waals surface area contributed by atoms with E-state index >= 15 is 0 Å². The van der Waals surface area contributed by atoms with Gasteiger partial charge in [-0.3, -0.25) is 0 Å². The molecule has 28 heavy (non-hydrogen) atoms. The SMILES string of the molecule is C=CCSc1nc(Nc2cc(CC=C)c(O)c(CC=C)c2)nc(SCC=C)n1. The number of phenols is 1. The fourth-order valence-corrected chi connectivity index (χ4v) is 3.57. The number of phenolic OH excluding ortho intramolecular Hbond substituents is 1. The van der Waals surface area contributed by atoms with E-state index in [0.717, 1.165) is 16.8 Å². The summed E-state index contributed by atoms with van der Waals surface area (Å²) in [5.41, 5.74) is 2.36. The van der Waals surface area contributed by atoms with Crippen molar-refractivity contribution in [3.8, 4) is 5.75 Å². The Kier molecular flexibility index (Phi) is 8.84. The Morgan fingerprint density at radius 2 is 1.32 bits per heavy atom. The zero-order valence-corrected chi connectivity index (χ0v) is 17.4. The van der Waals surface area contributed by atoms with E-state index in [0.29, 0.717) is 40.6 Å². The van der Waals surface area contributed by atoms with Crippen molar-refractivity contribution in [2.45, 2.75) is 23.2 Å². The lowest BCUT2D eigenvalue weighted by Crippen LogP contribution is -2.03. The van der Waals surface area contributed by atoms with Gasteiger partial charge in [-0.25, -0.2) is 0 Å². The number of aromatic hydroxyl groups is 1. The molecule has 2 rings (SSSR count). The molecule has 7 heteroatoms. The molecule has 0 saturated heterocycles. The molecule has 0 aliphatic carbocycles. The minimum absolute atomic E-state index is 0.269. The quantitative estimate of drug-likeness (QED) is 0.277. The largest absolute Gasteiger partial charge is 0.507 e. The lowest BCUT2D eigenvalue weighted by molar-refractivity contribution is 0.464. The highest BCUT2D eigenvalue weighted by atomic mass is 32.2. The van der Waals surface area contributed by atoms with Gasteiger partial charge in [0.15, 0.2) is 10.3 Å². The summed E-state index contributed by atoms with van der Waals surface area (Å²) in [6, 6.07) is 3.75. The van der Waals surface area contributed by atoms with Crippen LogP contribution < -0.4 is 5.32 Å². The second-order valence-corrected chi connectivity index (χ2v) is 7.65. The van der Waals surface area contributed by atoms with Crippen molar-refractivity contribution < 1.29 is 5.11 Å². The van der Waals surface area contributed by atoms with Crippen molar-refractivity contribution >= 4 is 35.2 Å². The van der Waals surface area contributed by atoms with E-state index in [2.05, 4.69) is 46.6 Å². The fraction of sp³-hybridized carbons (Fsp3) is 0.190. The van der Waals surface area contributed by atoms with Crippen LogP contribution in [0.4, 0.5) is 11.6 Å². The third kappa shape index (κ3) is 6.28. The van der Waals surface area contributed by atoms with E-state index in [1.165, 1.54) is 23.5 Å². The third-order valence-electron chi connectivity index (χ3n) is 3.51. The lowest BCUT2D eigenvalue weighted by atomic mass is 10.0. The van der Waals surface area contributed by atoms with Gasteiger partial charge in [-0.1, -0.05) is 47.8 Å². The first-order valence-corrected chi connectivity index (χ1v) is 10.6. The number of nitrogens with zero attached hydrogens (tertiary/aromatic N) is 3. The third-order valence-corrected chi connectivity index (χ3v) is 5.19. The molecule has 0 saturated carbocycles. The first-order valence-electron chi connectivity index (χ1n) is 8.68. The Bertz CT molecular complexity index is 806. The highest BCUT2D eigenvalue weighted by Gasteiger charge is 2.12. The number of allylic oxidation sites excluding steroid dienone is 2. The van der Waals surface area contributed by atoms with Crippen LogP contribution in [-0.4, -0.2) is 31.6 Å². The summed E-state index contributed by atoms with van der Waals surface area (Å²) in [6.07, 6.45) is 8.25. The molecule has 1 aromatic heterocycles. The van der Waals surface area contributed by atoms with E-state index in [4.69, 9.17) is 0 Å². The summed E-state index contributed by atoms with van der Waals surface area (Å²) >= 11 is 2.98. The molecule has 0 fully saturated rings. The van der Waals surface area contributed by atoms with E-state index in [1.54, 1.807) is 24.3 Å². The van der Waals surface area contributed by atoms with Gasteiger partial charge in [0.1, 0.15) is 5.75 Å². The Balaban J connectivity index is 2.38. The topological polar surface area (TPSA) is 70.9 Å². The zero-order chi connectivity index (χ0) is 20.4. The number of nitrogens with one attached hydrogen (secondary N) is 1. The summed E-state index contributed by atoms with van der Waals surface area (Å²) in [5, 5.41) is 14.9. The van der Waals surface area contributed by atoms with E-state index in [9.17, 15) is 5.11 Å². The van der Waals surface area contributed by atoms with Gasteiger partial charge in [0.2, 0.25) is 5.95 Å². The van der Waals surface area contributed by atoms with Crippen LogP contribution in [0.25, 0.3) is 0 Å². The summed E-state index contributed by atoms with van der Waals surface area (Å²) in [5.74, 6) is 2.14. The lowest BCUT2D eigenvalue weighted by Gasteiger charge is -2.13. The van der Waals surface area contributed by atoms with Crippen LogP contribution in [0.5, 0.6) is 5.75 Å². The molecular weight excluding hydrogens is 388 g/mol. The zero-order valence-electron chi connectivity index (χ0n) is 15.7. The summed E-state index contributed by atoms with van der Waals surface area (Å²) in [7, 11) is 0. The van der Waals surface area contributed by atoms with Gasteiger partial charge in [-0.05, 0) is 36.1 Å².